The summed E-state index contributed by atoms with van der Waals surface area (Å²) in [5, 5.41) is 10.3. The van der Waals surface area contributed by atoms with E-state index in [0.717, 1.165) is 32.4 Å². The number of anilines is 1. The van der Waals surface area contributed by atoms with Gasteiger partial charge in [0.1, 0.15) is 5.69 Å². The molecular formula is C18H21FN4O. The van der Waals surface area contributed by atoms with Crippen LogP contribution in [0.5, 0.6) is 0 Å². The highest BCUT2D eigenvalue weighted by molar-refractivity contribution is 5.96. The van der Waals surface area contributed by atoms with Crippen LogP contribution in [0.15, 0.2) is 36.7 Å². The van der Waals surface area contributed by atoms with E-state index in [1.165, 1.54) is 17.2 Å². The lowest BCUT2D eigenvalue weighted by Crippen LogP contribution is -2.44. The van der Waals surface area contributed by atoms with Crippen LogP contribution in [0.1, 0.15) is 25.7 Å². The Kier molecular flexibility index (Phi) is 3.84. The van der Waals surface area contributed by atoms with Crippen molar-refractivity contribution in [3.63, 3.8) is 0 Å². The Morgan fingerprint density at radius 1 is 1.42 bits per heavy atom. The van der Waals surface area contributed by atoms with Gasteiger partial charge in [0, 0.05) is 24.6 Å². The van der Waals surface area contributed by atoms with Gasteiger partial charge in [0.05, 0.1) is 5.41 Å². The molecule has 2 aromatic rings. The van der Waals surface area contributed by atoms with Crippen LogP contribution in [0, 0.1) is 17.2 Å². The highest BCUT2D eigenvalue weighted by Gasteiger charge is 2.49. The van der Waals surface area contributed by atoms with Crippen molar-refractivity contribution in [2.24, 2.45) is 11.3 Å². The first kappa shape index (κ1) is 15.3. The third kappa shape index (κ3) is 2.51. The lowest BCUT2D eigenvalue weighted by Gasteiger charge is -2.37. The molecule has 0 spiro atoms. The topological polar surface area (TPSA) is 59.0 Å². The molecule has 1 saturated heterocycles. The number of hydrogen-bond donors (Lipinski definition) is 2. The van der Waals surface area contributed by atoms with E-state index in [1.807, 2.05) is 0 Å². The zero-order chi connectivity index (χ0) is 16.6. The van der Waals surface area contributed by atoms with Crippen molar-refractivity contribution in [1.29, 1.82) is 0 Å². The summed E-state index contributed by atoms with van der Waals surface area (Å²) in [6.07, 6.45) is 7.56. The second-order valence-corrected chi connectivity index (χ2v) is 6.80. The molecule has 1 aliphatic heterocycles. The Balaban J connectivity index is 1.55. The maximum absolute atomic E-state index is 14.3. The number of aromatic nitrogens is 2. The third-order valence-corrected chi connectivity index (χ3v) is 5.45. The molecule has 5 nitrogen and oxygen atoms in total. The third-order valence-electron chi connectivity index (χ3n) is 5.45. The fourth-order valence-corrected chi connectivity index (χ4v) is 4.13. The number of carbonyl (C=O) groups excluding carboxylic acids is 1. The number of hydrogen-bond acceptors (Lipinski definition) is 3. The molecule has 2 N–H and O–H groups in total. The van der Waals surface area contributed by atoms with Crippen LogP contribution in [-0.2, 0) is 4.79 Å². The van der Waals surface area contributed by atoms with Gasteiger partial charge >= 0.3 is 0 Å². The molecule has 1 aromatic heterocycles. The molecule has 126 valence electrons. The number of benzene rings is 1. The highest BCUT2D eigenvalue weighted by Crippen LogP contribution is 2.44. The minimum Gasteiger partial charge on any atom is -0.325 e. The predicted molar refractivity (Wildman–Crippen MR) is 89.4 cm³/mol. The molecule has 1 aromatic carbocycles. The summed E-state index contributed by atoms with van der Waals surface area (Å²) in [5.41, 5.74) is 0.531. The van der Waals surface area contributed by atoms with E-state index < -0.39 is 5.82 Å². The van der Waals surface area contributed by atoms with Crippen LogP contribution < -0.4 is 10.6 Å². The molecule has 0 radical (unpaired) electrons. The fraction of sp³-hybridized carbons (Fsp3) is 0.444. The maximum Gasteiger partial charge on any atom is 0.232 e. The van der Waals surface area contributed by atoms with Crippen molar-refractivity contribution in [3.8, 4) is 5.69 Å². The zero-order valence-electron chi connectivity index (χ0n) is 13.5. The number of nitrogens with zero attached hydrogens (tertiary/aromatic N) is 2. The lowest BCUT2D eigenvalue weighted by atomic mass is 9.67. The van der Waals surface area contributed by atoms with Crippen LogP contribution in [0.3, 0.4) is 0 Å². The maximum atomic E-state index is 14.3. The van der Waals surface area contributed by atoms with E-state index in [1.54, 1.807) is 30.6 Å². The van der Waals surface area contributed by atoms with Gasteiger partial charge in [-0.15, -0.1) is 0 Å². The summed E-state index contributed by atoms with van der Waals surface area (Å²) in [7, 11) is 0. The van der Waals surface area contributed by atoms with Gasteiger partial charge in [0.25, 0.3) is 0 Å². The van der Waals surface area contributed by atoms with E-state index in [9.17, 15) is 9.18 Å². The molecule has 1 aliphatic carbocycles. The first-order valence-electron chi connectivity index (χ1n) is 8.51. The SMILES string of the molecule is O=C(Nc1ccc(-n2cccn2)c(F)c1)[C@@]12CCCC[C@H]1CNC2. The van der Waals surface area contributed by atoms with Gasteiger partial charge in [-0.1, -0.05) is 12.8 Å². The zero-order valence-corrected chi connectivity index (χ0v) is 13.5. The molecule has 0 unspecified atom stereocenters. The Hall–Kier alpha value is -2.21. The van der Waals surface area contributed by atoms with Crippen LogP contribution in [0.4, 0.5) is 10.1 Å². The van der Waals surface area contributed by atoms with Crippen LogP contribution in [-0.4, -0.2) is 28.8 Å². The van der Waals surface area contributed by atoms with E-state index in [-0.39, 0.29) is 11.3 Å². The van der Waals surface area contributed by atoms with Crippen LogP contribution in [0.25, 0.3) is 5.69 Å². The average molecular weight is 328 g/mol. The molecule has 1 amide bonds. The number of fused-ring (bicyclic) bond motifs is 1. The van der Waals surface area contributed by atoms with Crippen molar-refractivity contribution in [2.75, 3.05) is 18.4 Å². The summed E-state index contributed by atoms with van der Waals surface area (Å²) in [6.45, 7) is 1.62. The Labute approximate surface area is 140 Å². The van der Waals surface area contributed by atoms with E-state index in [2.05, 4.69) is 15.7 Å². The summed E-state index contributed by atoms with van der Waals surface area (Å²) >= 11 is 0. The quantitative estimate of drug-likeness (QED) is 0.911. The molecule has 4 rings (SSSR count). The van der Waals surface area contributed by atoms with Gasteiger partial charge in [0.15, 0.2) is 5.82 Å². The smallest absolute Gasteiger partial charge is 0.232 e. The first-order chi connectivity index (χ1) is 11.7. The second kappa shape index (κ2) is 6.02. The number of carbonyl (C=O) groups is 1. The number of amides is 1. The van der Waals surface area contributed by atoms with Crippen molar-refractivity contribution in [3.05, 3.63) is 42.5 Å². The van der Waals surface area contributed by atoms with Crippen molar-refractivity contribution >= 4 is 11.6 Å². The molecule has 0 bridgehead atoms. The van der Waals surface area contributed by atoms with E-state index in [0.29, 0.717) is 17.3 Å². The number of halogens is 1. The minimum absolute atomic E-state index is 0.0171. The molecule has 2 aliphatic rings. The molecule has 2 atom stereocenters. The summed E-state index contributed by atoms with van der Waals surface area (Å²) < 4.78 is 15.8. The van der Waals surface area contributed by atoms with Gasteiger partial charge in [0.2, 0.25) is 5.91 Å². The van der Waals surface area contributed by atoms with Gasteiger partial charge < -0.3 is 10.6 Å². The predicted octanol–water partition coefficient (Wildman–Crippen LogP) is 2.73. The van der Waals surface area contributed by atoms with Gasteiger partial charge in [-0.25, -0.2) is 9.07 Å². The van der Waals surface area contributed by atoms with Gasteiger partial charge in [-0.3, -0.25) is 4.79 Å². The summed E-state index contributed by atoms with van der Waals surface area (Å²) in [6, 6.07) is 6.48. The van der Waals surface area contributed by atoms with Crippen LogP contribution in [0.2, 0.25) is 0 Å². The number of rotatable bonds is 3. The summed E-state index contributed by atoms with van der Waals surface area (Å²) in [4.78, 5) is 12.9. The van der Waals surface area contributed by atoms with E-state index >= 15 is 0 Å². The van der Waals surface area contributed by atoms with Gasteiger partial charge in [-0.05, 0) is 49.6 Å². The lowest BCUT2D eigenvalue weighted by molar-refractivity contribution is -0.128. The Bertz CT molecular complexity index is 745. The molecule has 6 heteroatoms. The molecular weight excluding hydrogens is 307 g/mol. The van der Waals surface area contributed by atoms with Crippen molar-refractivity contribution < 1.29 is 9.18 Å². The monoisotopic (exact) mass is 328 g/mol. The minimum atomic E-state index is -0.404. The van der Waals surface area contributed by atoms with Crippen LogP contribution >= 0.6 is 0 Å². The fourth-order valence-electron chi connectivity index (χ4n) is 4.13. The van der Waals surface area contributed by atoms with Crippen molar-refractivity contribution in [1.82, 2.24) is 15.1 Å². The summed E-state index contributed by atoms with van der Waals surface area (Å²) in [5.74, 6) is 0.00150. The van der Waals surface area contributed by atoms with E-state index in [4.69, 9.17) is 0 Å². The van der Waals surface area contributed by atoms with Crippen molar-refractivity contribution in [2.45, 2.75) is 25.7 Å². The molecule has 2 heterocycles. The molecule has 1 saturated carbocycles. The highest BCUT2D eigenvalue weighted by atomic mass is 19.1. The number of nitrogens with one attached hydrogen (secondary N) is 2. The average Bonchev–Trinajstić information content (AvgIpc) is 3.25. The largest absolute Gasteiger partial charge is 0.325 e. The standard InChI is InChI=1S/C18H21FN4O/c19-15-10-14(5-6-16(15)23-9-3-8-21-23)22-17(24)18-7-2-1-4-13(18)11-20-12-18/h3,5-6,8-10,13,20H,1-2,4,7,11-12H2,(H,22,24)/t13-,18+/m0/s1. The molecule has 24 heavy (non-hydrogen) atoms. The normalized spacial score (nSPS) is 26.1. The Morgan fingerprint density at radius 3 is 3.12 bits per heavy atom. The first-order valence-corrected chi connectivity index (χ1v) is 8.51. The van der Waals surface area contributed by atoms with Gasteiger partial charge in [-0.2, -0.15) is 5.10 Å². The molecule has 2 fully saturated rings. The Morgan fingerprint density at radius 2 is 2.33 bits per heavy atom. The second-order valence-electron chi connectivity index (χ2n) is 6.80.